The van der Waals surface area contributed by atoms with Crippen molar-refractivity contribution < 1.29 is 9.59 Å². The lowest BCUT2D eigenvalue weighted by Gasteiger charge is -2.27. The summed E-state index contributed by atoms with van der Waals surface area (Å²) < 4.78 is 1.75. The molecule has 0 bridgehead atoms. The Labute approximate surface area is 170 Å². The van der Waals surface area contributed by atoms with Gasteiger partial charge in [-0.15, -0.1) is 0 Å². The number of benzene rings is 1. The third-order valence-corrected chi connectivity index (χ3v) is 6.93. The van der Waals surface area contributed by atoms with Gasteiger partial charge in [0.15, 0.2) is 0 Å². The SMILES string of the molecule is CN(C(=O)C1CCCCC1)c1ccc(N(I)C(=O)C2CCCCC2)cc1. The molecule has 2 aliphatic rings. The largest absolute Gasteiger partial charge is 0.315 e. The number of hydrogen-bond acceptors (Lipinski definition) is 2. The van der Waals surface area contributed by atoms with E-state index in [9.17, 15) is 9.59 Å². The van der Waals surface area contributed by atoms with Crippen molar-refractivity contribution in [2.45, 2.75) is 64.2 Å². The molecule has 2 saturated carbocycles. The number of anilines is 2. The Morgan fingerprint density at radius 1 is 0.769 bits per heavy atom. The number of carbonyl (C=O) groups excluding carboxylic acids is 2. The Bertz CT molecular complexity index is 564. The number of nitrogens with zero attached hydrogens (tertiary/aromatic N) is 2. The lowest BCUT2D eigenvalue weighted by Crippen LogP contribution is -2.34. The first-order chi connectivity index (χ1) is 12.6. The molecule has 142 valence electrons. The molecule has 1 aromatic rings. The van der Waals surface area contributed by atoms with Gasteiger partial charge in [-0.1, -0.05) is 38.5 Å². The predicted molar refractivity (Wildman–Crippen MR) is 115 cm³/mol. The molecule has 0 aromatic heterocycles. The van der Waals surface area contributed by atoms with E-state index in [4.69, 9.17) is 0 Å². The summed E-state index contributed by atoms with van der Waals surface area (Å²) in [4.78, 5) is 27.2. The van der Waals surface area contributed by atoms with Crippen molar-refractivity contribution >= 4 is 46.1 Å². The molecule has 0 spiro atoms. The van der Waals surface area contributed by atoms with Gasteiger partial charge in [0.25, 0.3) is 0 Å². The van der Waals surface area contributed by atoms with E-state index in [2.05, 4.69) is 22.9 Å². The van der Waals surface area contributed by atoms with E-state index in [1.54, 1.807) is 8.01 Å². The van der Waals surface area contributed by atoms with Crippen molar-refractivity contribution in [2.24, 2.45) is 11.8 Å². The molecule has 0 saturated heterocycles. The molecule has 0 N–H and O–H groups in total. The minimum Gasteiger partial charge on any atom is -0.315 e. The number of carbonyl (C=O) groups is 2. The maximum absolute atomic E-state index is 12.7. The molecule has 5 heteroatoms. The lowest BCUT2D eigenvalue weighted by molar-refractivity contribution is -0.123. The molecule has 2 fully saturated rings. The third-order valence-electron chi connectivity index (χ3n) is 5.90. The van der Waals surface area contributed by atoms with E-state index in [-0.39, 0.29) is 23.7 Å². The van der Waals surface area contributed by atoms with E-state index in [0.29, 0.717) is 0 Å². The average molecular weight is 468 g/mol. The molecule has 26 heavy (non-hydrogen) atoms. The van der Waals surface area contributed by atoms with Crippen LogP contribution in [-0.4, -0.2) is 18.9 Å². The summed E-state index contributed by atoms with van der Waals surface area (Å²) in [5.74, 6) is 0.769. The van der Waals surface area contributed by atoms with E-state index in [0.717, 1.165) is 62.7 Å². The second-order valence-corrected chi connectivity index (χ2v) is 8.67. The summed E-state index contributed by atoms with van der Waals surface area (Å²) >= 11 is 2.12. The van der Waals surface area contributed by atoms with Gasteiger partial charge in [-0.25, -0.2) is 0 Å². The van der Waals surface area contributed by atoms with E-state index < -0.39 is 0 Å². The van der Waals surface area contributed by atoms with Gasteiger partial charge in [0.2, 0.25) is 11.8 Å². The third kappa shape index (κ3) is 4.59. The van der Waals surface area contributed by atoms with Crippen LogP contribution in [0.4, 0.5) is 11.4 Å². The highest BCUT2D eigenvalue weighted by Gasteiger charge is 2.27. The van der Waals surface area contributed by atoms with Crippen LogP contribution < -0.4 is 8.01 Å². The first-order valence-electron chi connectivity index (χ1n) is 9.95. The maximum atomic E-state index is 12.7. The zero-order chi connectivity index (χ0) is 18.5. The second kappa shape index (κ2) is 9.20. The van der Waals surface area contributed by atoms with Crippen LogP contribution >= 0.6 is 22.9 Å². The molecular formula is C21H29IN2O2. The normalized spacial score (nSPS) is 19.2. The summed E-state index contributed by atoms with van der Waals surface area (Å²) in [5, 5.41) is 0. The highest BCUT2D eigenvalue weighted by Crippen LogP contribution is 2.31. The monoisotopic (exact) mass is 468 g/mol. The molecule has 0 radical (unpaired) electrons. The highest BCUT2D eigenvalue weighted by molar-refractivity contribution is 14.1. The summed E-state index contributed by atoms with van der Waals surface area (Å²) in [6, 6.07) is 7.81. The van der Waals surface area contributed by atoms with Crippen molar-refractivity contribution in [3.8, 4) is 0 Å². The van der Waals surface area contributed by atoms with Crippen LogP contribution in [0.3, 0.4) is 0 Å². The van der Waals surface area contributed by atoms with Crippen molar-refractivity contribution in [3.05, 3.63) is 24.3 Å². The molecular weight excluding hydrogens is 439 g/mol. The van der Waals surface area contributed by atoms with Crippen molar-refractivity contribution in [2.75, 3.05) is 15.1 Å². The van der Waals surface area contributed by atoms with E-state index >= 15 is 0 Å². The smallest absolute Gasteiger partial charge is 0.238 e. The molecule has 0 unspecified atom stereocenters. The minimum atomic E-state index is 0.163. The second-order valence-electron chi connectivity index (χ2n) is 7.70. The Morgan fingerprint density at radius 2 is 1.19 bits per heavy atom. The summed E-state index contributed by atoms with van der Waals surface area (Å²) in [6.07, 6.45) is 11.2. The van der Waals surface area contributed by atoms with Crippen LogP contribution in [0.25, 0.3) is 0 Å². The van der Waals surface area contributed by atoms with Gasteiger partial charge >= 0.3 is 0 Å². The zero-order valence-electron chi connectivity index (χ0n) is 15.6. The van der Waals surface area contributed by atoms with Gasteiger partial charge in [0.1, 0.15) is 0 Å². The fraction of sp³-hybridized carbons (Fsp3) is 0.619. The van der Waals surface area contributed by atoms with Crippen LogP contribution in [0.5, 0.6) is 0 Å². The number of hydrogen-bond donors (Lipinski definition) is 0. The van der Waals surface area contributed by atoms with Gasteiger partial charge in [-0.2, -0.15) is 0 Å². The molecule has 0 atom stereocenters. The molecule has 0 heterocycles. The van der Waals surface area contributed by atoms with E-state index in [1.807, 2.05) is 31.3 Å². The molecule has 2 aliphatic carbocycles. The van der Waals surface area contributed by atoms with E-state index in [1.165, 1.54) is 12.8 Å². The van der Waals surface area contributed by atoms with Gasteiger partial charge in [0, 0.05) is 24.6 Å². The van der Waals surface area contributed by atoms with Gasteiger partial charge in [0.05, 0.1) is 28.6 Å². The van der Waals surface area contributed by atoms with Gasteiger partial charge in [-0.3, -0.25) is 12.7 Å². The first-order valence-corrected chi connectivity index (χ1v) is 10.9. The maximum Gasteiger partial charge on any atom is 0.238 e. The van der Waals surface area contributed by atoms with Crippen molar-refractivity contribution in [3.63, 3.8) is 0 Å². The topological polar surface area (TPSA) is 40.6 Å². The zero-order valence-corrected chi connectivity index (χ0v) is 17.8. The fourth-order valence-corrected chi connectivity index (χ4v) is 4.91. The van der Waals surface area contributed by atoms with Crippen LogP contribution in [0.15, 0.2) is 24.3 Å². The number of amides is 2. The molecule has 1 aromatic carbocycles. The number of rotatable bonds is 4. The van der Waals surface area contributed by atoms with Crippen LogP contribution in [0, 0.1) is 11.8 Å². The standard InChI is InChI=1S/C21H29IN2O2/c1-23(20(25)16-8-4-2-5-9-16)18-12-14-19(15-13-18)24(22)21(26)17-10-6-3-7-11-17/h12-17H,2-11H2,1H3. The molecule has 4 nitrogen and oxygen atoms in total. The summed E-state index contributed by atoms with van der Waals surface area (Å²) in [6.45, 7) is 0. The van der Waals surface area contributed by atoms with Crippen LogP contribution in [-0.2, 0) is 9.59 Å². The van der Waals surface area contributed by atoms with Crippen molar-refractivity contribution in [1.82, 2.24) is 0 Å². The van der Waals surface area contributed by atoms with Gasteiger partial charge < -0.3 is 4.90 Å². The fourth-order valence-electron chi connectivity index (χ4n) is 4.19. The quantitative estimate of drug-likeness (QED) is 0.433. The molecule has 3 rings (SSSR count). The van der Waals surface area contributed by atoms with Crippen molar-refractivity contribution in [1.29, 1.82) is 0 Å². The summed E-state index contributed by atoms with van der Waals surface area (Å²) in [7, 11) is 1.86. The minimum absolute atomic E-state index is 0.163. The Hall–Kier alpha value is -1.11. The Morgan fingerprint density at radius 3 is 1.69 bits per heavy atom. The first kappa shape index (κ1) is 19.6. The average Bonchev–Trinajstić information content (AvgIpc) is 2.73. The van der Waals surface area contributed by atoms with Crippen LogP contribution in [0.1, 0.15) is 64.2 Å². The van der Waals surface area contributed by atoms with Gasteiger partial charge in [-0.05, 0) is 49.9 Å². The molecule has 2 amide bonds. The molecule has 0 aliphatic heterocycles. The van der Waals surface area contributed by atoms with Crippen LogP contribution in [0.2, 0.25) is 0 Å². The highest BCUT2D eigenvalue weighted by atomic mass is 127. The Kier molecular flexibility index (Phi) is 6.95. The predicted octanol–water partition coefficient (Wildman–Crippen LogP) is 5.49. The number of halogens is 1. The summed E-state index contributed by atoms with van der Waals surface area (Å²) in [5.41, 5.74) is 1.79. The lowest BCUT2D eigenvalue weighted by atomic mass is 9.88. The Balaban J connectivity index is 1.63.